The maximum atomic E-state index is 13.7. The van der Waals surface area contributed by atoms with Crippen LogP contribution in [0.1, 0.15) is 11.6 Å². The van der Waals surface area contributed by atoms with E-state index in [-0.39, 0.29) is 101 Å². The van der Waals surface area contributed by atoms with Crippen molar-refractivity contribution in [2.75, 3.05) is 36.5 Å². The summed E-state index contributed by atoms with van der Waals surface area (Å²) in [6.07, 6.45) is -1.03. The van der Waals surface area contributed by atoms with Crippen LogP contribution in [0.2, 0.25) is 0 Å². The molecular formula is C26H27N11Na2O10S2. The molecule has 2 aromatic rings. The molecule has 6 N–H and O–H groups in total. The number of fused-ring (bicyclic) bond motifs is 1. The van der Waals surface area contributed by atoms with Gasteiger partial charge in [-0.3, -0.25) is 19.8 Å². The van der Waals surface area contributed by atoms with Crippen molar-refractivity contribution in [3.05, 3.63) is 41.1 Å². The van der Waals surface area contributed by atoms with E-state index in [9.17, 15) is 43.8 Å². The maximum absolute atomic E-state index is 13.7. The Labute approximate surface area is 341 Å². The number of β-lactam (4-membered cyclic amide) rings is 1. The molecule has 25 heteroatoms. The van der Waals surface area contributed by atoms with Crippen LogP contribution < -0.4 is 96.3 Å². The number of nitrogens with zero attached hydrogens (tertiary/aromatic N) is 6. The SMILES string of the molecule is Cn1nnnc1SCC1=C(C(=O)[O-])N2C(=O)[C@@H](NC(=O)[C@H](NC(=O)N3CCNC3=O)c3ccc(NC(=O)OC[C@@H](N)C(=O)[O-])cc3)[C@@H]2SC1.[Na+].[Na+]. The molecule has 4 atom stereocenters. The first-order valence-electron chi connectivity index (χ1n) is 14.2. The fourth-order valence-corrected chi connectivity index (χ4v) is 7.16. The molecule has 0 saturated carbocycles. The Morgan fingerprint density at radius 1 is 1.16 bits per heavy atom. The van der Waals surface area contributed by atoms with Gasteiger partial charge in [0.25, 0.3) is 5.91 Å². The van der Waals surface area contributed by atoms with Gasteiger partial charge in [-0.2, -0.15) is 0 Å². The molecule has 7 amide bonds. The molecule has 2 fully saturated rings. The van der Waals surface area contributed by atoms with Gasteiger partial charge < -0.3 is 46.2 Å². The van der Waals surface area contributed by atoms with Crippen molar-refractivity contribution in [1.29, 1.82) is 0 Å². The van der Waals surface area contributed by atoms with Gasteiger partial charge in [-0.25, -0.2) is 24.0 Å². The number of nitrogens with one attached hydrogen (secondary N) is 4. The number of imide groups is 1. The zero-order valence-corrected chi connectivity index (χ0v) is 32.9. The van der Waals surface area contributed by atoms with Gasteiger partial charge in [0.1, 0.15) is 24.1 Å². The molecule has 0 bridgehead atoms. The number of aryl methyl sites for hydroxylation is 1. The fourth-order valence-electron chi connectivity index (χ4n) is 4.83. The molecule has 3 aliphatic rings. The molecule has 0 unspecified atom stereocenters. The Morgan fingerprint density at radius 3 is 2.45 bits per heavy atom. The second-order valence-corrected chi connectivity index (χ2v) is 12.6. The van der Waals surface area contributed by atoms with Crippen LogP contribution in [0, 0.1) is 0 Å². The molecule has 0 aliphatic carbocycles. The normalized spacial score (nSPS) is 18.9. The number of rotatable bonds is 12. The number of ether oxygens (including phenoxy) is 1. The van der Waals surface area contributed by atoms with Gasteiger partial charge in [0.15, 0.2) is 0 Å². The summed E-state index contributed by atoms with van der Waals surface area (Å²) in [5, 5.41) is 43.5. The zero-order valence-electron chi connectivity index (χ0n) is 27.3. The zero-order chi connectivity index (χ0) is 35.4. The number of carboxylic acid groups (broad SMARTS) is 2. The van der Waals surface area contributed by atoms with Gasteiger partial charge in [-0.1, -0.05) is 23.9 Å². The Kier molecular flexibility index (Phi) is 15.1. The van der Waals surface area contributed by atoms with E-state index >= 15 is 0 Å². The van der Waals surface area contributed by atoms with Crippen LogP contribution in [0.3, 0.4) is 0 Å². The van der Waals surface area contributed by atoms with E-state index in [4.69, 9.17) is 10.5 Å². The molecule has 4 heterocycles. The Hall–Kier alpha value is -3.42. The number of benzene rings is 1. The van der Waals surface area contributed by atoms with Crippen molar-refractivity contribution in [2.24, 2.45) is 12.8 Å². The van der Waals surface area contributed by atoms with Crippen LogP contribution in [0.5, 0.6) is 0 Å². The van der Waals surface area contributed by atoms with Crippen molar-refractivity contribution < 1.29 is 108 Å². The monoisotopic (exact) mass is 763 g/mol. The average Bonchev–Trinajstić information content (AvgIpc) is 3.70. The summed E-state index contributed by atoms with van der Waals surface area (Å²) in [4.78, 5) is 88.8. The number of thioether (sulfide) groups is 2. The van der Waals surface area contributed by atoms with E-state index < -0.39 is 72.0 Å². The van der Waals surface area contributed by atoms with Gasteiger partial charge in [0, 0.05) is 37.3 Å². The number of carbonyl (C=O) groups excluding carboxylic acids is 7. The number of nitrogens with two attached hydrogens (primary N) is 1. The number of anilines is 1. The largest absolute Gasteiger partial charge is 1.00 e. The van der Waals surface area contributed by atoms with Crippen molar-refractivity contribution >= 4 is 71.1 Å². The summed E-state index contributed by atoms with van der Waals surface area (Å²) in [7, 11) is 1.62. The molecule has 1 aromatic carbocycles. The molecule has 3 aliphatic heterocycles. The first-order chi connectivity index (χ1) is 23.3. The molecule has 1 aromatic heterocycles. The Morgan fingerprint density at radius 2 is 1.86 bits per heavy atom. The summed E-state index contributed by atoms with van der Waals surface area (Å²) in [5.41, 5.74) is 5.69. The third-order valence-corrected chi connectivity index (χ3v) is 9.75. The molecule has 51 heavy (non-hydrogen) atoms. The van der Waals surface area contributed by atoms with E-state index in [1.807, 2.05) is 0 Å². The number of tetrazole rings is 1. The molecule has 260 valence electrons. The van der Waals surface area contributed by atoms with E-state index in [1.165, 1.54) is 52.5 Å². The fraction of sp³-hybridized carbons (Fsp3) is 0.385. The van der Waals surface area contributed by atoms with Crippen LogP contribution in [0.25, 0.3) is 0 Å². The maximum Gasteiger partial charge on any atom is 1.00 e. The smallest absolute Gasteiger partial charge is 0.548 e. The summed E-state index contributed by atoms with van der Waals surface area (Å²) in [6, 6.07) is -0.293. The van der Waals surface area contributed by atoms with Crippen LogP contribution in [0.15, 0.2) is 40.7 Å². The summed E-state index contributed by atoms with van der Waals surface area (Å²) < 4.78 is 6.14. The van der Waals surface area contributed by atoms with Crippen molar-refractivity contribution in [1.82, 2.24) is 46.0 Å². The third-order valence-electron chi connectivity index (χ3n) is 7.31. The van der Waals surface area contributed by atoms with Crippen molar-refractivity contribution in [3.8, 4) is 0 Å². The summed E-state index contributed by atoms with van der Waals surface area (Å²) >= 11 is 2.39. The minimum Gasteiger partial charge on any atom is -0.548 e. The van der Waals surface area contributed by atoms with E-state index in [2.05, 4.69) is 36.8 Å². The first-order valence-corrected chi connectivity index (χ1v) is 16.3. The number of carboxylic acids is 2. The number of hydrogen-bond acceptors (Lipinski definition) is 16. The molecule has 0 spiro atoms. The van der Waals surface area contributed by atoms with Crippen LogP contribution in [-0.4, -0.2) is 121 Å². The predicted octanol–water partition coefficient (Wildman–Crippen LogP) is -10.2. The van der Waals surface area contributed by atoms with Gasteiger partial charge in [-0.05, 0) is 33.7 Å². The van der Waals surface area contributed by atoms with E-state index in [1.54, 1.807) is 7.05 Å². The standard InChI is InChI=1S/C26H29N11O10S2.2Na/c1-35-25(32-33-34-35)49-10-12-9-48-20-16(19(39)37(20)17(12)22(42)43)30-18(38)15(31-24(45)36-7-6-28-23(36)44)11-2-4-13(5-3-11)29-26(46)47-8-14(27)21(40)41;;/h2-5,14-16,20H,6-10,27H2,1H3,(H,28,44)(H,29,46)(H,30,38)(H,31,45)(H,40,41)(H,42,43);;/q;2*+1/p-2/t14-,15-,16-,20+;;/m1../s1. The molecule has 5 rings (SSSR count). The molecular weight excluding hydrogens is 736 g/mol. The Balaban J connectivity index is 0.00000351. The minimum atomic E-state index is -1.61. The molecule has 21 nitrogen and oxygen atoms in total. The summed E-state index contributed by atoms with van der Waals surface area (Å²) in [6.45, 7) is -0.419. The number of carbonyl (C=O) groups is 7. The first kappa shape index (κ1) is 42.0. The van der Waals surface area contributed by atoms with Crippen LogP contribution in [-0.2, 0) is 31.0 Å². The summed E-state index contributed by atoms with van der Waals surface area (Å²) in [5.74, 6) is -4.38. The number of aromatic nitrogens is 4. The van der Waals surface area contributed by atoms with Gasteiger partial charge >= 0.3 is 77.3 Å². The number of hydrogen-bond donors (Lipinski definition) is 5. The van der Waals surface area contributed by atoms with Gasteiger partial charge in [0.2, 0.25) is 11.1 Å². The second kappa shape index (κ2) is 18.4. The minimum absolute atomic E-state index is 0. The topological polar surface area (TPSA) is 299 Å². The third kappa shape index (κ3) is 9.72. The van der Waals surface area contributed by atoms with Crippen LogP contribution in [0.4, 0.5) is 20.1 Å². The second-order valence-electron chi connectivity index (χ2n) is 10.5. The number of amides is 7. The van der Waals surface area contributed by atoms with Gasteiger partial charge in [-0.15, -0.1) is 16.9 Å². The van der Waals surface area contributed by atoms with Gasteiger partial charge in [0.05, 0.1) is 23.7 Å². The number of aliphatic carboxylic acids is 2. The number of urea groups is 2. The Bertz CT molecular complexity index is 1730. The molecule has 0 radical (unpaired) electrons. The predicted molar refractivity (Wildman–Crippen MR) is 162 cm³/mol. The van der Waals surface area contributed by atoms with Crippen molar-refractivity contribution in [2.45, 2.75) is 28.7 Å². The molecule has 2 saturated heterocycles. The van der Waals surface area contributed by atoms with Crippen LogP contribution >= 0.6 is 23.5 Å². The van der Waals surface area contributed by atoms with E-state index in [0.29, 0.717) is 10.7 Å². The van der Waals surface area contributed by atoms with Crippen molar-refractivity contribution in [3.63, 3.8) is 0 Å². The quantitative estimate of drug-likeness (QED) is 0.0762. The van der Waals surface area contributed by atoms with E-state index in [0.717, 1.165) is 9.80 Å². The average molecular weight is 764 g/mol.